The van der Waals surface area contributed by atoms with Gasteiger partial charge in [0.1, 0.15) is 0 Å². The van der Waals surface area contributed by atoms with Crippen LogP contribution in [-0.2, 0) is 4.79 Å². The molecule has 0 bridgehead atoms. The van der Waals surface area contributed by atoms with Gasteiger partial charge in [0, 0.05) is 39.8 Å². The largest absolute Gasteiger partial charge is 0.382 e. The van der Waals surface area contributed by atoms with Gasteiger partial charge in [0.15, 0.2) is 0 Å². The summed E-state index contributed by atoms with van der Waals surface area (Å²) in [5, 5.41) is 3.54. The van der Waals surface area contributed by atoms with Crippen LogP contribution in [0, 0.1) is 3.57 Å². The number of carbonyl (C=O) groups is 1. The van der Waals surface area contributed by atoms with E-state index >= 15 is 0 Å². The maximum absolute atomic E-state index is 11.2. The molecule has 1 saturated heterocycles. The summed E-state index contributed by atoms with van der Waals surface area (Å²) >= 11 is 5.82. The van der Waals surface area contributed by atoms with Gasteiger partial charge in [-0.3, -0.25) is 4.79 Å². The minimum absolute atomic E-state index is 0.187. The van der Waals surface area contributed by atoms with E-state index in [2.05, 4.69) is 62.0 Å². The molecule has 0 aromatic heterocycles. The molecule has 2 rings (SSSR count). The van der Waals surface area contributed by atoms with E-state index in [0.717, 1.165) is 36.1 Å². The van der Waals surface area contributed by atoms with Gasteiger partial charge in [-0.2, -0.15) is 0 Å². The van der Waals surface area contributed by atoms with Gasteiger partial charge in [0.25, 0.3) is 0 Å². The highest BCUT2D eigenvalue weighted by Gasteiger charge is 2.20. The molecule has 98 valence electrons. The number of amides is 1. The molecule has 0 unspecified atom stereocenters. The maximum atomic E-state index is 11.2. The SMILES string of the molecule is CC(=O)N1CCC(Nc2ccc(Br)c(I)c2)CC1. The van der Waals surface area contributed by atoms with Gasteiger partial charge in [-0.25, -0.2) is 0 Å². The van der Waals surface area contributed by atoms with Crippen molar-refractivity contribution in [3.63, 3.8) is 0 Å². The normalized spacial score (nSPS) is 16.7. The number of hydrogen-bond acceptors (Lipinski definition) is 2. The molecule has 1 fully saturated rings. The van der Waals surface area contributed by atoms with Crippen molar-refractivity contribution in [2.45, 2.75) is 25.8 Å². The molecule has 1 aliphatic rings. The number of nitrogens with one attached hydrogen (secondary N) is 1. The van der Waals surface area contributed by atoms with Gasteiger partial charge in [-0.15, -0.1) is 0 Å². The summed E-state index contributed by atoms with van der Waals surface area (Å²) in [5.41, 5.74) is 1.16. The van der Waals surface area contributed by atoms with Crippen LogP contribution in [0.4, 0.5) is 5.69 Å². The summed E-state index contributed by atoms with van der Waals surface area (Å²) < 4.78 is 2.33. The number of anilines is 1. The fourth-order valence-electron chi connectivity index (χ4n) is 2.16. The lowest BCUT2D eigenvalue weighted by Crippen LogP contribution is -2.41. The third-order valence-electron chi connectivity index (χ3n) is 3.23. The Morgan fingerprint density at radius 3 is 2.67 bits per heavy atom. The van der Waals surface area contributed by atoms with Crippen LogP contribution in [0.1, 0.15) is 19.8 Å². The van der Waals surface area contributed by atoms with Crippen LogP contribution in [0.25, 0.3) is 0 Å². The van der Waals surface area contributed by atoms with E-state index in [1.807, 2.05) is 4.90 Å². The molecular formula is C13H16BrIN2O. The molecule has 5 heteroatoms. The quantitative estimate of drug-likeness (QED) is 0.740. The molecule has 1 aromatic carbocycles. The van der Waals surface area contributed by atoms with Crippen LogP contribution in [0.2, 0.25) is 0 Å². The predicted octanol–water partition coefficient (Wildman–Crippen LogP) is 3.48. The number of benzene rings is 1. The minimum atomic E-state index is 0.187. The van der Waals surface area contributed by atoms with Gasteiger partial charge >= 0.3 is 0 Å². The second kappa shape index (κ2) is 6.23. The van der Waals surface area contributed by atoms with E-state index in [1.165, 1.54) is 3.57 Å². The van der Waals surface area contributed by atoms with E-state index in [0.29, 0.717) is 6.04 Å². The van der Waals surface area contributed by atoms with Crippen molar-refractivity contribution in [1.82, 2.24) is 4.90 Å². The first-order valence-electron chi connectivity index (χ1n) is 6.03. The first-order valence-corrected chi connectivity index (χ1v) is 7.90. The highest BCUT2D eigenvalue weighted by atomic mass is 127. The van der Waals surface area contributed by atoms with E-state index in [1.54, 1.807) is 6.92 Å². The molecule has 0 aliphatic carbocycles. The Labute approximate surface area is 130 Å². The number of likely N-dealkylation sites (tertiary alicyclic amines) is 1. The molecule has 1 N–H and O–H groups in total. The van der Waals surface area contributed by atoms with E-state index in [4.69, 9.17) is 0 Å². The lowest BCUT2D eigenvalue weighted by Gasteiger charge is -2.32. The first kappa shape index (κ1) is 14.1. The predicted molar refractivity (Wildman–Crippen MR) is 85.8 cm³/mol. The maximum Gasteiger partial charge on any atom is 0.219 e. The average Bonchev–Trinajstić information content (AvgIpc) is 2.34. The summed E-state index contributed by atoms with van der Waals surface area (Å²) in [4.78, 5) is 13.2. The Morgan fingerprint density at radius 1 is 1.44 bits per heavy atom. The van der Waals surface area contributed by atoms with Crippen molar-refractivity contribution in [1.29, 1.82) is 0 Å². The van der Waals surface area contributed by atoms with Crippen molar-refractivity contribution in [2.24, 2.45) is 0 Å². The number of piperidine rings is 1. The molecule has 0 spiro atoms. The molecule has 0 atom stereocenters. The topological polar surface area (TPSA) is 32.3 Å². The highest BCUT2D eigenvalue weighted by molar-refractivity contribution is 14.1. The van der Waals surface area contributed by atoms with Gasteiger partial charge in [0.2, 0.25) is 5.91 Å². The number of nitrogens with zero attached hydrogens (tertiary/aromatic N) is 1. The van der Waals surface area contributed by atoms with Crippen LogP contribution in [0.15, 0.2) is 22.7 Å². The Kier molecular flexibility index (Phi) is 4.89. The lowest BCUT2D eigenvalue weighted by molar-refractivity contribution is -0.129. The van der Waals surface area contributed by atoms with Crippen molar-refractivity contribution in [2.75, 3.05) is 18.4 Å². The zero-order valence-electron chi connectivity index (χ0n) is 10.2. The molecule has 1 aromatic rings. The second-order valence-corrected chi connectivity index (χ2v) is 6.57. The minimum Gasteiger partial charge on any atom is -0.382 e. The molecule has 1 amide bonds. The smallest absolute Gasteiger partial charge is 0.219 e. The monoisotopic (exact) mass is 422 g/mol. The fraction of sp³-hybridized carbons (Fsp3) is 0.462. The second-order valence-electron chi connectivity index (χ2n) is 4.55. The van der Waals surface area contributed by atoms with Crippen LogP contribution >= 0.6 is 38.5 Å². The average molecular weight is 423 g/mol. The van der Waals surface area contributed by atoms with Gasteiger partial charge in [-0.1, -0.05) is 0 Å². The molecule has 1 aliphatic heterocycles. The van der Waals surface area contributed by atoms with Crippen LogP contribution in [-0.4, -0.2) is 29.9 Å². The van der Waals surface area contributed by atoms with Gasteiger partial charge < -0.3 is 10.2 Å². The van der Waals surface area contributed by atoms with Crippen molar-refractivity contribution in [3.8, 4) is 0 Å². The fourth-order valence-corrected chi connectivity index (χ4v) is 2.92. The van der Waals surface area contributed by atoms with Crippen LogP contribution in [0.5, 0.6) is 0 Å². The van der Waals surface area contributed by atoms with Crippen molar-refractivity contribution >= 4 is 50.1 Å². The highest BCUT2D eigenvalue weighted by Crippen LogP contribution is 2.24. The number of hydrogen-bond donors (Lipinski definition) is 1. The standard InChI is InChI=1S/C13H16BrIN2O/c1-9(18)17-6-4-10(5-7-17)16-11-2-3-12(14)13(15)8-11/h2-3,8,10,16H,4-7H2,1H3. The summed E-state index contributed by atoms with van der Waals surface area (Å²) in [6.07, 6.45) is 2.04. The Bertz CT molecular complexity index is 445. The van der Waals surface area contributed by atoms with Crippen molar-refractivity contribution in [3.05, 3.63) is 26.2 Å². The summed E-state index contributed by atoms with van der Waals surface area (Å²) in [7, 11) is 0. The van der Waals surface area contributed by atoms with Crippen LogP contribution in [0.3, 0.4) is 0 Å². The number of halogens is 2. The zero-order valence-corrected chi connectivity index (χ0v) is 14.0. The van der Waals surface area contributed by atoms with E-state index in [-0.39, 0.29) is 5.91 Å². The Hall–Kier alpha value is -0.300. The molecule has 1 heterocycles. The number of carbonyl (C=O) groups excluding carboxylic acids is 1. The van der Waals surface area contributed by atoms with Gasteiger partial charge in [0.05, 0.1) is 0 Å². The summed E-state index contributed by atoms with van der Waals surface area (Å²) in [6.45, 7) is 3.37. The summed E-state index contributed by atoms with van der Waals surface area (Å²) in [5.74, 6) is 0.187. The van der Waals surface area contributed by atoms with Crippen molar-refractivity contribution < 1.29 is 4.79 Å². The third-order valence-corrected chi connectivity index (χ3v) is 5.56. The lowest BCUT2D eigenvalue weighted by atomic mass is 10.0. The summed E-state index contributed by atoms with van der Waals surface area (Å²) in [6, 6.07) is 6.76. The first-order chi connectivity index (χ1) is 8.56. The molecule has 0 radical (unpaired) electrons. The molecule has 3 nitrogen and oxygen atoms in total. The van der Waals surface area contributed by atoms with Crippen LogP contribution < -0.4 is 5.32 Å². The molecule has 18 heavy (non-hydrogen) atoms. The Morgan fingerprint density at radius 2 is 2.11 bits per heavy atom. The molecule has 0 saturated carbocycles. The van der Waals surface area contributed by atoms with E-state index < -0.39 is 0 Å². The zero-order chi connectivity index (χ0) is 13.1. The van der Waals surface area contributed by atoms with Gasteiger partial charge in [-0.05, 0) is 69.6 Å². The molecular weight excluding hydrogens is 407 g/mol. The van der Waals surface area contributed by atoms with E-state index in [9.17, 15) is 4.79 Å². The Balaban J connectivity index is 1.91. The third kappa shape index (κ3) is 3.60. The number of rotatable bonds is 2.